The number of nitrogens with zero attached hydrogens (tertiary/aromatic N) is 2. The third-order valence-electron chi connectivity index (χ3n) is 4.60. The summed E-state index contributed by atoms with van der Waals surface area (Å²) in [5.41, 5.74) is 1.49. The maximum absolute atomic E-state index is 12.7. The van der Waals surface area contributed by atoms with Crippen molar-refractivity contribution in [1.29, 1.82) is 0 Å². The van der Waals surface area contributed by atoms with Crippen LogP contribution in [0.15, 0.2) is 41.3 Å². The Morgan fingerprint density at radius 3 is 2.36 bits per heavy atom. The van der Waals surface area contributed by atoms with Gasteiger partial charge in [-0.25, -0.2) is 4.79 Å². The largest absolute Gasteiger partial charge is 0.487 e. The molecule has 1 atom stereocenters. The quantitative estimate of drug-likeness (QED) is 0.131. The topological polar surface area (TPSA) is 116 Å². The Morgan fingerprint density at radius 2 is 1.82 bits per heavy atom. The number of ether oxygens (including phenoxy) is 2. The molecule has 0 spiro atoms. The summed E-state index contributed by atoms with van der Waals surface area (Å²) in [6.07, 6.45) is 1.60. The molecule has 172 valence electrons. The van der Waals surface area contributed by atoms with Crippen LogP contribution < -0.4 is 4.74 Å². The first kappa shape index (κ1) is 25.4. The van der Waals surface area contributed by atoms with E-state index >= 15 is 0 Å². The zero-order valence-electron chi connectivity index (χ0n) is 17.2. The van der Waals surface area contributed by atoms with Crippen molar-refractivity contribution in [2.24, 2.45) is 0 Å². The number of benzene rings is 2. The molecular formula is C21H16I2N2O7S. The molecule has 1 fully saturated rings. The zero-order chi connectivity index (χ0) is 24.3. The summed E-state index contributed by atoms with van der Waals surface area (Å²) in [5.74, 6) is -0.581. The van der Waals surface area contributed by atoms with Gasteiger partial charge in [0.1, 0.15) is 18.4 Å². The highest BCUT2D eigenvalue weighted by atomic mass is 127. The standard InChI is InChI=1S/C21H16I2N2O7S/c1-11(20(27)31-2)24-19(26)17(33-21(24)28)9-13-7-15(22)18(16(23)8-13)32-10-12-3-5-14(6-4-12)25(29)30/h3-9,11H,10H2,1-2H3/b17-9+/t11-/m1/s1. The minimum Gasteiger partial charge on any atom is -0.487 e. The van der Waals surface area contributed by atoms with Gasteiger partial charge in [0, 0.05) is 12.1 Å². The maximum atomic E-state index is 12.7. The van der Waals surface area contributed by atoms with E-state index in [0.29, 0.717) is 11.3 Å². The molecule has 12 heteroatoms. The predicted octanol–water partition coefficient (Wildman–Crippen LogP) is 4.98. The maximum Gasteiger partial charge on any atom is 0.328 e. The number of methoxy groups -OCH3 is 1. The van der Waals surface area contributed by atoms with Crippen molar-refractivity contribution in [3.63, 3.8) is 0 Å². The van der Waals surface area contributed by atoms with Gasteiger partial charge in [-0.1, -0.05) is 0 Å². The number of non-ortho nitro benzene ring substituents is 1. The van der Waals surface area contributed by atoms with Crippen LogP contribution in [0.25, 0.3) is 6.08 Å². The minimum absolute atomic E-state index is 0.0117. The van der Waals surface area contributed by atoms with Crippen LogP contribution in [-0.2, 0) is 20.9 Å². The lowest BCUT2D eigenvalue weighted by molar-refractivity contribution is -0.384. The number of hydrogen-bond acceptors (Lipinski definition) is 8. The van der Waals surface area contributed by atoms with Gasteiger partial charge in [-0.2, -0.15) is 0 Å². The van der Waals surface area contributed by atoms with Gasteiger partial charge in [0.2, 0.25) is 0 Å². The van der Waals surface area contributed by atoms with Gasteiger partial charge in [0.25, 0.3) is 16.8 Å². The average molecular weight is 694 g/mol. The molecule has 9 nitrogen and oxygen atoms in total. The van der Waals surface area contributed by atoms with Crippen LogP contribution >= 0.6 is 56.9 Å². The zero-order valence-corrected chi connectivity index (χ0v) is 22.4. The summed E-state index contributed by atoms with van der Waals surface area (Å²) in [5, 5.41) is 10.2. The van der Waals surface area contributed by atoms with Gasteiger partial charge in [-0.05, 0) is 105 Å². The molecule has 1 aliphatic heterocycles. The highest BCUT2D eigenvalue weighted by Crippen LogP contribution is 2.36. The molecular weight excluding hydrogens is 678 g/mol. The van der Waals surface area contributed by atoms with E-state index in [1.807, 2.05) is 12.1 Å². The second-order valence-electron chi connectivity index (χ2n) is 6.78. The second kappa shape index (κ2) is 10.8. The van der Waals surface area contributed by atoms with Crippen LogP contribution in [0.5, 0.6) is 5.75 Å². The van der Waals surface area contributed by atoms with Crippen molar-refractivity contribution >= 4 is 85.8 Å². The molecule has 0 aromatic heterocycles. The first-order chi connectivity index (χ1) is 15.6. The monoisotopic (exact) mass is 694 g/mol. The SMILES string of the molecule is COC(=O)[C@@H](C)N1C(=O)S/C(=C/c2cc(I)c(OCc3ccc([N+](=O)[O-])cc3)c(I)c2)C1=O. The van der Waals surface area contributed by atoms with Gasteiger partial charge >= 0.3 is 5.97 Å². The van der Waals surface area contributed by atoms with Crippen molar-refractivity contribution < 1.29 is 28.8 Å². The van der Waals surface area contributed by atoms with E-state index in [-0.39, 0.29) is 17.2 Å². The fourth-order valence-electron chi connectivity index (χ4n) is 2.91. The van der Waals surface area contributed by atoms with Crippen LogP contribution in [0.4, 0.5) is 10.5 Å². The number of carbonyl (C=O) groups excluding carboxylic acids is 3. The highest BCUT2D eigenvalue weighted by molar-refractivity contribution is 14.1. The number of thioether (sulfide) groups is 1. The van der Waals surface area contributed by atoms with Gasteiger partial charge in [-0.15, -0.1) is 0 Å². The third-order valence-corrected chi connectivity index (χ3v) is 7.09. The van der Waals surface area contributed by atoms with Crippen molar-refractivity contribution in [2.45, 2.75) is 19.6 Å². The molecule has 3 rings (SSSR count). The molecule has 0 saturated carbocycles. The lowest BCUT2D eigenvalue weighted by Crippen LogP contribution is -2.42. The Balaban J connectivity index is 1.76. The highest BCUT2D eigenvalue weighted by Gasteiger charge is 2.41. The van der Waals surface area contributed by atoms with Crippen LogP contribution in [0.3, 0.4) is 0 Å². The first-order valence-corrected chi connectivity index (χ1v) is 12.3. The number of nitro groups is 1. The summed E-state index contributed by atoms with van der Waals surface area (Å²) in [6.45, 7) is 1.67. The molecule has 0 radical (unpaired) electrons. The van der Waals surface area contributed by atoms with E-state index in [9.17, 15) is 24.5 Å². The van der Waals surface area contributed by atoms with E-state index in [1.54, 1.807) is 18.2 Å². The molecule has 1 heterocycles. The Hall–Kier alpha value is -2.20. The molecule has 2 aromatic carbocycles. The lowest BCUT2D eigenvalue weighted by atomic mass is 10.2. The minimum atomic E-state index is -1.01. The van der Waals surface area contributed by atoms with Crippen molar-refractivity contribution in [3.05, 3.63) is 69.7 Å². The van der Waals surface area contributed by atoms with Crippen molar-refractivity contribution in [3.8, 4) is 5.75 Å². The molecule has 2 amide bonds. The third kappa shape index (κ3) is 5.84. The predicted molar refractivity (Wildman–Crippen MR) is 139 cm³/mol. The average Bonchev–Trinajstić information content (AvgIpc) is 3.05. The Morgan fingerprint density at radius 1 is 1.21 bits per heavy atom. The summed E-state index contributed by atoms with van der Waals surface area (Å²) in [7, 11) is 1.20. The van der Waals surface area contributed by atoms with E-state index in [1.165, 1.54) is 26.2 Å². The normalized spacial score (nSPS) is 15.6. The van der Waals surface area contributed by atoms with E-state index in [0.717, 1.165) is 29.4 Å². The summed E-state index contributed by atoms with van der Waals surface area (Å²) >= 11 is 4.99. The van der Waals surface area contributed by atoms with Gasteiger partial charge in [-0.3, -0.25) is 24.6 Å². The number of esters is 1. The number of nitro benzene ring substituents is 1. The fourth-order valence-corrected chi connectivity index (χ4v) is 5.95. The van der Waals surface area contributed by atoms with Crippen LogP contribution in [0.1, 0.15) is 18.1 Å². The number of carbonyl (C=O) groups is 3. The molecule has 0 N–H and O–H groups in total. The summed E-state index contributed by atoms with van der Waals surface area (Å²) in [6, 6.07) is 8.73. The number of imide groups is 1. The molecule has 0 unspecified atom stereocenters. The van der Waals surface area contributed by atoms with E-state index < -0.39 is 28.1 Å². The number of amides is 2. The summed E-state index contributed by atoms with van der Waals surface area (Å²) in [4.78, 5) is 48.1. The number of hydrogen-bond donors (Lipinski definition) is 0. The lowest BCUT2D eigenvalue weighted by Gasteiger charge is -2.18. The Bertz CT molecular complexity index is 1140. The molecule has 0 aliphatic carbocycles. The second-order valence-corrected chi connectivity index (χ2v) is 10.1. The van der Waals surface area contributed by atoms with Crippen LogP contribution in [-0.4, -0.2) is 40.1 Å². The van der Waals surface area contributed by atoms with Gasteiger partial charge in [0.15, 0.2) is 0 Å². The molecule has 1 saturated heterocycles. The molecule has 0 bridgehead atoms. The van der Waals surface area contributed by atoms with Crippen molar-refractivity contribution in [1.82, 2.24) is 4.90 Å². The number of rotatable bonds is 7. The van der Waals surface area contributed by atoms with Gasteiger partial charge < -0.3 is 9.47 Å². The van der Waals surface area contributed by atoms with E-state index in [2.05, 4.69) is 49.9 Å². The van der Waals surface area contributed by atoms with Crippen molar-refractivity contribution in [2.75, 3.05) is 7.11 Å². The first-order valence-electron chi connectivity index (χ1n) is 9.32. The molecule has 1 aliphatic rings. The van der Waals surface area contributed by atoms with Crippen LogP contribution in [0.2, 0.25) is 0 Å². The van der Waals surface area contributed by atoms with E-state index in [4.69, 9.17) is 4.74 Å². The molecule has 2 aromatic rings. The molecule has 33 heavy (non-hydrogen) atoms. The fraction of sp³-hybridized carbons (Fsp3) is 0.190. The Labute approximate surface area is 220 Å². The summed E-state index contributed by atoms with van der Waals surface area (Å²) < 4.78 is 12.1. The smallest absolute Gasteiger partial charge is 0.328 e. The number of halogens is 2. The van der Waals surface area contributed by atoms with Gasteiger partial charge in [0.05, 0.1) is 24.1 Å². The van der Waals surface area contributed by atoms with Crippen LogP contribution in [0, 0.1) is 17.3 Å². The Kier molecular flexibility index (Phi) is 8.33.